The van der Waals surface area contributed by atoms with E-state index in [1.165, 1.54) is 0 Å². The standard InChI is InChI=1S/C23H29N3O3/c1-3-29-21-12-8-7-11-20(21)25-13-15-26(16-14-25)22(27)17-18(2)24-23(28)19-9-5-4-6-10-19/h4-12,18H,3,13-17H2,1-2H3,(H,24,28). The molecule has 29 heavy (non-hydrogen) atoms. The van der Waals surface area contributed by atoms with Gasteiger partial charge in [0.15, 0.2) is 0 Å². The summed E-state index contributed by atoms with van der Waals surface area (Å²) in [5.41, 5.74) is 1.68. The highest BCUT2D eigenvalue weighted by Gasteiger charge is 2.24. The van der Waals surface area contributed by atoms with Crippen molar-refractivity contribution in [1.82, 2.24) is 10.2 Å². The summed E-state index contributed by atoms with van der Waals surface area (Å²) in [7, 11) is 0. The van der Waals surface area contributed by atoms with E-state index in [2.05, 4.69) is 16.3 Å². The van der Waals surface area contributed by atoms with Crippen LogP contribution in [0.15, 0.2) is 54.6 Å². The van der Waals surface area contributed by atoms with Crippen LogP contribution in [0.2, 0.25) is 0 Å². The maximum absolute atomic E-state index is 12.7. The third-order valence-corrected chi connectivity index (χ3v) is 5.03. The Bertz CT molecular complexity index is 817. The maximum atomic E-state index is 12.7. The monoisotopic (exact) mass is 395 g/mol. The fourth-order valence-electron chi connectivity index (χ4n) is 3.53. The van der Waals surface area contributed by atoms with Crippen LogP contribution in [-0.4, -0.2) is 55.5 Å². The van der Waals surface area contributed by atoms with Gasteiger partial charge in [-0.3, -0.25) is 9.59 Å². The largest absolute Gasteiger partial charge is 0.492 e. The van der Waals surface area contributed by atoms with E-state index in [-0.39, 0.29) is 17.9 Å². The Kier molecular flexibility index (Phi) is 7.11. The van der Waals surface area contributed by atoms with Gasteiger partial charge in [0.25, 0.3) is 5.91 Å². The van der Waals surface area contributed by atoms with Gasteiger partial charge in [-0.2, -0.15) is 0 Å². The second kappa shape index (κ2) is 9.96. The Balaban J connectivity index is 1.49. The summed E-state index contributed by atoms with van der Waals surface area (Å²) in [6, 6.07) is 16.9. The molecule has 0 radical (unpaired) electrons. The molecule has 1 aliphatic rings. The van der Waals surface area contributed by atoms with Crippen molar-refractivity contribution >= 4 is 17.5 Å². The zero-order valence-corrected chi connectivity index (χ0v) is 17.1. The van der Waals surface area contributed by atoms with E-state index in [9.17, 15) is 9.59 Å². The SMILES string of the molecule is CCOc1ccccc1N1CCN(C(=O)CC(C)NC(=O)c2ccccc2)CC1. The van der Waals surface area contributed by atoms with Gasteiger partial charge in [0, 0.05) is 44.2 Å². The lowest BCUT2D eigenvalue weighted by Crippen LogP contribution is -2.50. The van der Waals surface area contributed by atoms with Crippen LogP contribution in [0.4, 0.5) is 5.69 Å². The lowest BCUT2D eigenvalue weighted by molar-refractivity contribution is -0.131. The van der Waals surface area contributed by atoms with Crippen molar-refractivity contribution < 1.29 is 14.3 Å². The Labute approximate surface area is 172 Å². The van der Waals surface area contributed by atoms with E-state index in [1.807, 2.05) is 55.1 Å². The van der Waals surface area contributed by atoms with Crippen LogP contribution in [0.25, 0.3) is 0 Å². The number of ether oxygens (including phenoxy) is 1. The molecule has 154 valence electrons. The fourth-order valence-corrected chi connectivity index (χ4v) is 3.53. The van der Waals surface area contributed by atoms with Crippen molar-refractivity contribution in [1.29, 1.82) is 0 Å². The van der Waals surface area contributed by atoms with E-state index in [1.54, 1.807) is 12.1 Å². The number of nitrogens with zero attached hydrogens (tertiary/aromatic N) is 2. The van der Waals surface area contributed by atoms with Crippen LogP contribution in [-0.2, 0) is 4.79 Å². The third-order valence-electron chi connectivity index (χ3n) is 5.03. The average Bonchev–Trinajstić information content (AvgIpc) is 2.75. The van der Waals surface area contributed by atoms with Crippen LogP contribution in [0.3, 0.4) is 0 Å². The molecular weight excluding hydrogens is 366 g/mol. The molecule has 3 rings (SSSR count). The number of anilines is 1. The summed E-state index contributed by atoms with van der Waals surface area (Å²) in [4.78, 5) is 29.1. The van der Waals surface area contributed by atoms with Crippen molar-refractivity contribution in [2.45, 2.75) is 26.3 Å². The van der Waals surface area contributed by atoms with Gasteiger partial charge in [-0.25, -0.2) is 0 Å². The van der Waals surface area contributed by atoms with Crippen LogP contribution >= 0.6 is 0 Å². The zero-order chi connectivity index (χ0) is 20.6. The number of amides is 2. The Hall–Kier alpha value is -3.02. The molecule has 0 saturated carbocycles. The summed E-state index contributed by atoms with van der Waals surface area (Å²) in [6.07, 6.45) is 0.300. The third kappa shape index (κ3) is 5.50. The lowest BCUT2D eigenvalue weighted by atomic mass is 10.1. The van der Waals surface area contributed by atoms with Gasteiger partial charge in [-0.05, 0) is 38.1 Å². The van der Waals surface area contributed by atoms with Crippen molar-refractivity contribution in [3.8, 4) is 5.75 Å². The molecule has 6 nitrogen and oxygen atoms in total. The highest BCUT2D eigenvalue weighted by atomic mass is 16.5. The van der Waals surface area contributed by atoms with Crippen LogP contribution in [0.5, 0.6) is 5.75 Å². The number of hydrogen-bond donors (Lipinski definition) is 1. The molecule has 0 aliphatic carbocycles. The van der Waals surface area contributed by atoms with Crippen LogP contribution < -0.4 is 15.0 Å². The molecule has 2 amide bonds. The molecule has 0 bridgehead atoms. The minimum Gasteiger partial charge on any atom is -0.492 e. The van der Waals surface area contributed by atoms with E-state index in [0.29, 0.717) is 31.7 Å². The summed E-state index contributed by atoms with van der Waals surface area (Å²) in [5.74, 6) is 0.805. The number of hydrogen-bond acceptors (Lipinski definition) is 4. The van der Waals surface area contributed by atoms with Crippen LogP contribution in [0.1, 0.15) is 30.6 Å². The lowest BCUT2D eigenvalue weighted by Gasteiger charge is -2.37. The van der Waals surface area contributed by atoms with Crippen LogP contribution in [0, 0.1) is 0 Å². The Morgan fingerprint density at radius 2 is 1.66 bits per heavy atom. The van der Waals surface area contributed by atoms with Gasteiger partial charge in [0.1, 0.15) is 5.75 Å². The minimum atomic E-state index is -0.216. The van der Waals surface area contributed by atoms with Gasteiger partial charge >= 0.3 is 0 Å². The van der Waals surface area contributed by atoms with Gasteiger partial charge < -0.3 is 19.9 Å². The van der Waals surface area contributed by atoms with Crippen molar-refractivity contribution in [2.24, 2.45) is 0 Å². The molecular formula is C23H29N3O3. The molecule has 1 fully saturated rings. The maximum Gasteiger partial charge on any atom is 0.251 e. The topological polar surface area (TPSA) is 61.9 Å². The Morgan fingerprint density at radius 1 is 1.00 bits per heavy atom. The normalized spacial score (nSPS) is 15.0. The van der Waals surface area contributed by atoms with E-state index in [4.69, 9.17) is 4.74 Å². The summed E-state index contributed by atoms with van der Waals surface area (Å²) >= 11 is 0. The van der Waals surface area contributed by atoms with E-state index < -0.39 is 0 Å². The summed E-state index contributed by atoms with van der Waals surface area (Å²) < 4.78 is 5.73. The number of rotatable bonds is 7. The van der Waals surface area contributed by atoms with Crippen molar-refractivity contribution in [2.75, 3.05) is 37.7 Å². The average molecular weight is 396 g/mol. The molecule has 0 spiro atoms. The second-order valence-electron chi connectivity index (χ2n) is 7.21. The smallest absolute Gasteiger partial charge is 0.251 e. The van der Waals surface area contributed by atoms with Crippen molar-refractivity contribution in [3.63, 3.8) is 0 Å². The number of carbonyl (C=O) groups is 2. The number of carbonyl (C=O) groups excluding carboxylic acids is 2. The minimum absolute atomic E-state index is 0.0728. The number of piperazine rings is 1. The molecule has 1 saturated heterocycles. The van der Waals surface area contributed by atoms with E-state index in [0.717, 1.165) is 24.5 Å². The van der Waals surface area contributed by atoms with Crippen molar-refractivity contribution in [3.05, 3.63) is 60.2 Å². The summed E-state index contributed by atoms with van der Waals surface area (Å²) in [6.45, 7) is 7.33. The number of nitrogens with one attached hydrogen (secondary N) is 1. The molecule has 2 aromatic rings. The molecule has 2 aromatic carbocycles. The second-order valence-corrected chi connectivity index (χ2v) is 7.21. The zero-order valence-electron chi connectivity index (χ0n) is 17.1. The molecule has 1 N–H and O–H groups in total. The highest BCUT2D eigenvalue weighted by molar-refractivity contribution is 5.94. The quantitative estimate of drug-likeness (QED) is 0.783. The molecule has 1 heterocycles. The van der Waals surface area contributed by atoms with Gasteiger partial charge in [0.2, 0.25) is 5.91 Å². The molecule has 0 aromatic heterocycles. The van der Waals surface area contributed by atoms with Gasteiger partial charge in [-0.1, -0.05) is 30.3 Å². The molecule has 1 atom stereocenters. The predicted octanol–water partition coefficient (Wildman–Crippen LogP) is 2.94. The first-order chi connectivity index (χ1) is 14.1. The van der Waals surface area contributed by atoms with Gasteiger partial charge in [0.05, 0.1) is 12.3 Å². The first-order valence-electron chi connectivity index (χ1n) is 10.2. The first kappa shape index (κ1) is 20.7. The molecule has 6 heteroatoms. The number of para-hydroxylation sites is 2. The summed E-state index contributed by atoms with van der Waals surface area (Å²) in [5, 5.41) is 2.91. The first-order valence-corrected chi connectivity index (χ1v) is 10.2. The predicted molar refractivity (Wildman–Crippen MR) is 114 cm³/mol. The number of benzene rings is 2. The Morgan fingerprint density at radius 3 is 2.34 bits per heavy atom. The molecule has 1 unspecified atom stereocenters. The molecule has 1 aliphatic heterocycles. The van der Waals surface area contributed by atoms with E-state index >= 15 is 0 Å². The highest BCUT2D eigenvalue weighted by Crippen LogP contribution is 2.28. The van der Waals surface area contributed by atoms with Gasteiger partial charge in [-0.15, -0.1) is 0 Å². The fraction of sp³-hybridized carbons (Fsp3) is 0.391.